The van der Waals surface area contributed by atoms with E-state index in [2.05, 4.69) is 80.7 Å². The van der Waals surface area contributed by atoms with Crippen molar-refractivity contribution in [3.8, 4) is 0 Å². The van der Waals surface area contributed by atoms with Crippen LogP contribution in [0.25, 0.3) is 0 Å². The van der Waals surface area contributed by atoms with Crippen molar-refractivity contribution >= 4 is 6.21 Å². The van der Waals surface area contributed by atoms with E-state index >= 15 is 0 Å². The first-order chi connectivity index (χ1) is 8.96. The van der Waals surface area contributed by atoms with Crippen LogP contribution in [0.1, 0.15) is 44.7 Å². The molecule has 0 saturated heterocycles. The fraction of sp³-hybridized carbons (Fsp3) is 0.353. The number of hydrazone groups is 1. The summed E-state index contributed by atoms with van der Waals surface area (Å²) in [6, 6.07) is 8.41. The fourth-order valence-corrected chi connectivity index (χ4v) is 2.07. The molecule has 1 unspecified atom stereocenters. The standard InChI is InChI=1S/C17H22N2/c1-13-9-10-14(11-13)16-8-6-5-7-15(16)12-18-19-17(2,3)4/h5-12,14,19H,1-4H3. The largest absolute Gasteiger partial charge is 0.305 e. The van der Waals surface area contributed by atoms with Crippen molar-refractivity contribution < 1.29 is 0 Å². The van der Waals surface area contributed by atoms with Crippen LogP contribution >= 0.6 is 0 Å². The Morgan fingerprint density at radius 3 is 2.58 bits per heavy atom. The van der Waals surface area contributed by atoms with Crippen LogP contribution < -0.4 is 5.43 Å². The average molecular weight is 254 g/mol. The number of hydrogen-bond donors (Lipinski definition) is 1. The lowest BCUT2D eigenvalue weighted by atomic mass is 9.96. The molecule has 0 saturated carbocycles. The summed E-state index contributed by atoms with van der Waals surface area (Å²) in [7, 11) is 0. The lowest BCUT2D eigenvalue weighted by Gasteiger charge is -2.17. The van der Waals surface area contributed by atoms with Crippen LogP contribution in [0.4, 0.5) is 0 Å². The van der Waals surface area contributed by atoms with Gasteiger partial charge in [-0.25, -0.2) is 0 Å². The molecular formula is C17H22N2. The molecule has 0 heterocycles. The molecule has 100 valence electrons. The highest BCUT2D eigenvalue weighted by atomic mass is 15.3. The predicted molar refractivity (Wildman–Crippen MR) is 82.6 cm³/mol. The van der Waals surface area contributed by atoms with Crippen molar-refractivity contribution in [2.24, 2.45) is 5.10 Å². The van der Waals surface area contributed by atoms with Crippen LogP contribution in [0.3, 0.4) is 0 Å². The van der Waals surface area contributed by atoms with Gasteiger partial charge in [-0.3, -0.25) is 0 Å². The molecule has 0 bridgehead atoms. The highest BCUT2D eigenvalue weighted by Crippen LogP contribution is 2.28. The molecule has 1 atom stereocenters. The third-order valence-electron chi connectivity index (χ3n) is 2.97. The van der Waals surface area contributed by atoms with Crippen LogP contribution in [0.5, 0.6) is 0 Å². The van der Waals surface area contributed by atoms with Gasteiger partial charge in [-0.05, 0) is 38.8 Å². The van der Waals surface area contributed by atoms with E-state index in [0.29, 0.717) is 5.92 Å². The van der Waals surface area contributed by atoms with Crippen molar-refractivity contribution in [3.63, 3.8) is 0 Å². The van der Waals surface area contributed by atoms with Crippen LogP contribution in [0.15, 0.2) is 53.2 Å². The molecule has 2 rings (SSSR count). The van der Waals surface area contributed by atoms with Crippen molar-refractivity contribution in [1.82, 2.24) is 5.43 Å². The van der Waals surface area contributed by atoms with Crippen molar-refractivity contribution in [2.75, 3.05) is 0 Å². The molecule has 1 aromatic rings. The lowest BCUT2D eigenvalue weighted by Crippen LogP contribution is -2.31. The Bertz CT molecular complexity index is 530. The summed E-state index contributed by atoms with van der Waals surface area (Å²) in [5.74, 6) is 0.372. The summed E-state index contributed by atoms with van der Waals surface area (Å²) in [5.41, 5.74) is 6.92. The summed E-state index contributed by atoms with van der Waals surface area (Å²) in [6.07, 6.45) is 8.60. The predicted octanol–water partition coefficient (Wildman–Crippen LogP) is 4.01. The van der Waals surface area contributed by atoms with Gasteiger partial charge in [-0.2, -0.15) is 5.10 Å². The quantitative estimate of drug-likeness (QED) is 0.639. The number of nitrogens with zero attached hydrogens (tertiary/aromatic N) is 1. The van der Waals surface area contributed by atoms with Crippen molar-refractivity contribution in [1.29, 1.82) is 0 Å². The minimum Gasteiger partial charge on any atom is -0.305 e. The first kappa shape index (κ1) is 13.6. The zero-order valence-electron chi connectivity index (χ0n) is 12.1. The van der Waals surface area contributed by atoms with E-state index in [9.17, 15) is 0 Å². The van der Waals surface area contributed by atoms with Gasteiger partial charge < -0.3 is 5.43 Å². The first-order valence-electron chi connectivity index (χ1n) is 6.71. The zero-order chi connectivity index (χ0) is 13.9. The van der Waals surface area contributed by atoms with Crippen molar-refractivity contribution in [3.05, 3.63) is 59.2 Å². The highest BCUT2D eigenvalue weighted by Gasteiger charge is 2.12. The maximum atomic E-state index is 4.34. The molecule has 2 nitrogen and oxygen atoms in total. The third kappa shape index (κ3) is 3.82. The fourth-order valence-electron chi connectivity index (χ4n) is 2.07. The second kappa shape index (κ2) is 5.43. The van der Waals surface area contributed by atoms with E-state index in [-0.39, 0.29) is 5.54 Å². The molecule has 0 radical (unpaired) electrons. The lowest BCUT2D eigenvalue weighted by molar-refractivity contribution is 0.442. The van der Waals surface area contributed by atoms with Gasteiger partial charge in [-0.15, -0.1) is 0 Å². The molecule has 0 aromatic heterocycles. The van der Waals surface area contributed by atoms with Gasteiger partial charge in [0.05, 0.1) is 6.21 Å². The van der Waals surface area contributed by atoms with E-state index in [1.54, 1.807) is 0 Å². The number of rotatable bonds is 3. The summed E-state index contributed by atoms with van der Waals surface area (Å²) in [6.45, 7) is 8.43. The van der Waals surface area contributed by atoms with Gasteiger partial charge in [0.2, 0.25) is 0 Å². The molecule has 1 N–H and O–H groups in total. The molecule has 1 aliphatic rings. The minimum atomic E-state index is -0.00477. The first-order valence-corrected chi connectivity index (χ1v) is 6.71. The molecule has 0 amide bonds. The number of hydrogen-bond acceptors (Lipinski definition) is 2. The van der Waals surface area contributed by atoms with Crippen LogP contribution in [-0.4, -0.2) is 11.8 Å². The second-order valence-corrected chi connectivity index (χ2v) is 6.04. The van der Waals surface area contributed by atoms with Gasteiger partial charge in [0.15, 0.2) is 0 Å². The zero-order valence-corrected chi connectivity index (χ0v) is 12.1. The molecular weight excluding hydrogens is 232 g/mol. The van der Waals surface area contributed by atoms with Crippen molar-refractivity contribution in [2.45, 2.75) is 39.2 Å². The third-order valence-corrected chi connectivity index (χ3v) is 2.97. The highest BCUT2D eigenvalue weighted by molar-refractivity contribution is 5.82. The maximum absolute atomic E-state index is 4.34. The Morgan fingerprint density at radius 2 is 1.95 bits per heavy atom. The number of allylic oxidation sites excluding steroid dienone is 4. The number of benzene rings is 1. The molecule has 0 fully saturated rings. The molecule has 1 aliphatic carbocycles. The van der Waals surface area contributed by atoms with Gasteiger partial charge in [0, 0.05) is 11.5 Å². The Labute approximate surface area is 115 Å². The Kier molecular flexibility index (Phi) is 3.89. The second-order valence-electron chi connectivity index (χ2n) is 6.04. The van der Waals surface area contributed by atoms with Crippen LogP contribution in [0, 0.1) is 0 Å². The Morgan fingerprint density at radius 1 is 1.21 bits per heavy atom. The van der Waals surface area contributed by atoms with Gasteiger partial charge in [-0.1, -0.05) is 48.1 Å². The minimum absolute atomic E-state index is 0.00477. The van der Waals surface area contributed by atoms with Gasteiger partial charge in [0.1, 0.15) is 0 Å². The molecule has 1 aromatic carbocycles. The normalized spacial score (nSPS) is 18.9. The Hall–Kier alpha value is -1.83. The molecule has 0 spiro atoms. The summed E-state index contributed by atoms with van der Waals surface area (Å²) < 4.78 is 0. The molecule has 2 heteroatoms. The SMILES string of the molecule is CC1=CC(c2ccccc2C=NNC(C)(C)C)C=C1. The van der Waals surface area contributed by atoms with E-state index in [0.717, 1.165) is 0 Å². The van der Waals surface area contributed by atoms with Crippen LogP contribution in [-0.2, 0) is 0 Å². The summed E-state index contributed by atoms with van der Waals surface area (Å²) in [4.78, 5) is 0. The maximum Gasteiger partial charge on any atom is 0.0543 e. The van der Waals surface area contributed by atoms with Gasteiger partial charge >= 0.3 is 0 Å². The summed E-state index contributed by atoms with van der Waals surface area (Å²) in [5, 5.41) is 4.34. The van der Waals surface area contributed by atoms with Crippen LogP contribution in [0.2, 0.25) is 0 Å². The van der Waals surface area contributed by atoms with E-state index in [1.165, 1.54) is 16.7 Å². The average Bonchev–Trinajstić information content (AvgIpc) is 2.75. The topological polar surface area (TPSA) is 24.4 Å². The molecule has 0 aliphatic heterocycles. The van der Waals surface area contributed by atoms with E-state index in [4.69, 9.17) is 0 Å². The van der Waals surface area contributed by atoms with Gasteiger partial charge in [0.25, 0.3) is 0 Å². The smallest absolute Gasteiger partial charge is 0.0543 e. The number of nitrogens with one attached hydrogen (secondary N) is 1. The summed E-state index contributed by atoms with van der Waals surface area (Å²) >= 11 is 0. The van der Waals surface area contributed by atoms with E-state index in [1.807, 2.05) is 6.21 Å². The Balaban J connectivity index is 2.20. The van der Waals surface area contributed by atoms with E-state index < -0.39 is 0 Å². The molecule has 19 heavy (non-hydrogen) atoms. The monoisotopic (exact) mass is 254 g/mol.